The molecule has 0 aliphatic heterocycles. The first-order valence-electron chi connectivity index (χ1n) is 9.36. The van der Waals surface area contributed by atoms with Crippen molar-refractivity contribution in [3.05, 3.63) is 100 Å². The van der Waals surface area contributed by atoms with Gasteiger partial charge in [0.1, 0.15) is 11.2 Å². The Morgan fingerprint density at radius 3 is 2.31 bits per heavy atom. The Kier molecular flexibility index (Phi) is 3.37. The van der Waals surface area contributed by atoms with Crippen LogP contribution in [0.2, 0.25) is 5.02 Å². The average Bonchev–Trinajstić information content (AvgIpc) is 3.09. The van der Waals surface area contributed by atoms with Gasteiger partial charge in [0.05, 0.1) is 26.8 Å². The summed E-state index contributed by atoms with van der Waals surface area (Å²) in [7, 11) is 0. The largest absolute Gasteiger partial charge is 0.456 e. The Bertz CT molecular complexity index is 1640. The van der Waals surface area contributed by atoms with E-state index in [1.54, 1.807) is 6.07 Å². The number of aromatic nitrogens is 1. The van der Waals surface area contributed by atoms with Crippen molar-refractivity contribution in [2.24, 2.45) is 0 Å². The van der Waals surface area contributed by atoms with Gasteiger partial charge in [0.25, 0.3) is 0 Å². The lowest BCUT2D eigenvalue weighted by atomic mass is 10.1. The second kappa shape index (κ2) is 5.97. The third kappa shape index (κ3) is 2.28. The summed E-state index contributed by atoms with van der Waals surface area (Å²) in [5, 5.41) is 3.95. The van der Waals surface area contributed by atoms with E-state index < -0.39 is 0 Å². The van der Waals surface area contributed by atoms with Crippen molar-refractivity contribution in [3.8, 4) is 5.69 Å². The highest BCUT2D eigenvalue weighted by atomic mass is 35.5. The molecule has 29 heavy (non-hydrogen) atoms. The van der Waals surface area contributed by atoms with Gasteiger partial charge in [0.2, 0.25) is 5.43 Å². The van der Waals surface area contributed by atoms with Gasteiger partial charge in [-0.25, -0.2) is 0 Å². The van der Waals surface area contributed by atoms with E-state index in [0.29, 0.717) is 27.0 Å². The summed E-state index contributed by atoms with van der Waals surface area (Å²) in [4.78, 5) is 13.1. The molecule has 6 aromatic rings. The lowest BCUT2D eigenvalue weighted by molar-refractivity contribution is 0.660. The molecule has 4 aromatic carbocycles. The van der Waals surface area contributed by atoms with E-state index in [9.17, 15) is 4.79 Å². The van der Waals surface area contributed by atoms with E-state index in [0.717, 1.165) is 27.5 Å². The first-order chi connectivity index (χ1) is 14.2. The molecular weight excluding hydrogens is 382 g/mol. The van der Waals surface area contributed by atoms with E-state index in [-0.39, 0.29) is 5.43 Å². The van der Waals surface area contributed by atoms with Crippen molar-refractivity contribution in [2.45, 2.75) is 0 Å². The first kappa shape index (κ1) is 16.4. The van der Waals surface area contributed by atoms with Gasteiger partial charge >= 0.3 is 0 Å². The fourth-order valence-electron chi connectivity index (χ4n) is 4.18. The maximum Gasteiger partial charge on any atom is 0.200 e. The highest BCUT2D eigenvalue weighted by Crippen LogP contribution is 2.36. The Morgan fingerprint density at radius 1 is 0.690 bits per heavy atom. The molecule has 138 valence electrons. The number of halogens is 1. The molecular formula is C25H14ClNO2. The molecule has 0 fully saturated rings. The summed E-state index contributed by atoms with van der Waals surface area (Å²) in [6, 6.07) is 27.1. The maximum absolute atomic E-state index is 13.1. The summed E-state index contributed by atoms with van der Waals surface area (Å²) in [5.41, 5.74) is 4.09. The predicted molar refractivity (Wildman–Crippen MR) is 119 cm³/mol. The van der Waals surface area contributed by atoms with Crippen molar-refractivity contribution in [1.29, 1.82) is 0 Å². The van der Waals surface area contributed by atoms with Crippen LogP contribution >= 0.6 is 11.6 Å². The van der Waals surface area contributed by atoms with Gasteiger partial charge in [-0.3, -0.25) is 4.79 Å². The second-order valence-electron chi connectivity index (χ2n) is 7.09. The third-order valence-electron chi connectivity index (χ3n) is 5.46. The normalized spacial score (nSPS) is 11.8. The molecule has 2 aromatic heterocycles. The van der Waals surface area contributed by atoms with E-state index in [1.807, 2.05) is 66.7 Å². The number of benzene rings is 4. The maximum atomic E-state index is 13.1. The quantitative estimate of drug-likeness (QED) is 0.290. The van der Waals surface area contributed by atoms with E-state index in [2.05, 4.69) is 16.7 Å². The molecule has 6 rings (SSSR count). The van der Waals surface area contributed by atoms with Crippen LogP contribution in [0.5, 0.6) is 0 Å². The van der Waals surface area contributed by atoms with E-state index >= 15 is 0 Å². The van der Waals surface area contributed by atoms with Gasteiger partial charge < -0.3 is 8.98 Å². The highest BCUT2D eigenvalue weighted by Gasteiger charge is 2.15. The second-order valence-corrected chi connectivity index (χ2v) is 7.50. The minimum Gasteiger partial charge on any atom is -0.456 e. The van der Waals surface area contributed by atoms with E-state index in [4.69, 9.17) is 16.0 Å². The minimum absolute atomic E-state index is 0.0255. The molecule has 0 amide bonds. The van der Waals surface area contributed by atoms with Crippen molar-refractivity contribution in [3.63, 3.8) is 0 Å². The number of para-hydroxylation sites is 2. The number of hydrogen-bond acceptors (Lipinski definition) is 2. The summed E-state index contributed by atoms with van der Waals surface area (Å²) >= 11 is 6.54. The van der Waals surface area contributed by atoms with Crippen LogP contribution in [0, 0.1) is 0 Å². The number of nitrogens with zero attached hydrogens (tertiary/aromatic N) is 1. The monoisotopic (exact) mass is 395 g/mol. The van der Waals surface area contributed by atoms with Gasteiger partial charge in [-0.05, 0) is 48.5 Å². The van der Waals surface area contributed by atoms with Gasteiger partial charge in [0, 0.05) is 16.5 Å². The molecule has 0 atom stereocenters. The molecule has 0 saturated carbocycles. The molecule has 0 radical (unpaired) electrons. The number of hydrogen-bond donors (Lipinski definition) is 0. The zero-order chi connectivity index (χ0) is 19.5. The fraction of sp³-hybridized carbons (Fsp3) is 0. The topological polar surface area (TPSA) is 35.1 Å². The van der Waals surface area contributed by atoms with Crippen LogP contribution in [0.3, 0.4) is 0 Å². The van der Waals surface area contributed by atoms with Crippen LogP contribution in [-0.4, -0.2) is 4.57 Å². The fourth-order valence-corrected chi connectivity index (χ4v) is 4.46. The average molecular weight is 396 g/mol. The Labute approximate surface area is 170 Å². The van der Waals surface area contributed by atoms with Crippen LogP contribution in [0.15, 0.2) is 94.1 Å². The molecule has 0 spiro atoms. The molecule has 2 heterocycles. The molecule has 0 unspecified atom stereocenters. The SMILES string of the molecule is O=c1c2ccccc2oc2ccc(-n3c4ccccc4c4c(Cl)cccc43)cc12. The summed E-state index contributed by atoms with van der Waals surface area (Å²) in [6.07, 6.45) is 0. The molecule has 3 nitrogen and oxygen atoms in total. The molecule has 0 aliphatic rings. The van der Waals surface area contributed by atoms with Crippen molar-refractivity contribution in [2.75, 3.05) is 0 Å². The van der Waals surface area contributed by atoms with Crippen molar-refractivity contribution in [1.82, 2.24) is 4.57 Å². The molecule has 0 aliphatic carbocycles. The number of rotatable bonds is 1. The Hall–Kier alpha value is -3.56. The van der Waals surface area contributed by atoms with Crippen LogP contribution in [-0.2, 0) is 0 Å². The summed E-state index contributed by atoms with van der Waals surface area (Å²) < 4.78 is 8.11. The summed E-state index contributed by atoms with van der Waals surface area (Å²) in [6.45, 7) is 0. The molecule has 4 heteroatoms. The van der Waals surface area contributed by atoms with Gasteiger partial charge in [-0.1, -0.05) is 48.0 Å². The lowest BCUT2D eigenvalue weighted by Gasteiger charge is -2.09. The highest BCUT2D eigenvalue weighted by molar-refractivity contribution is 6.38. The van der Waals surface area contributed by atoms with Gasteiger partial charge in [0.15, 0.2) is 0 Å². The summed E-state index contributed by atoms with van der Waals surface area (Å²) in [5.74, 6) is 0. The zero-order valence-corrected chi connectivity index (χ0v) is 16.0. The minimum atomic E-state index is -0.0255. The Balaban J connectivity index is 1.75. The van der Waals surface area contributed by atoms with Crippen LogP contribution < -0.4 is 5.43 Å². The van der Waals surface area contributed by atoms with Crippen LogP contribution in [0.4, 0.5) is 0 Å². The predicted octanol–water partition coefficient (Wildman–Crippen LogP) is 6.70. The van der Waals surface area contributed by atoms with E-state index in [1.165, 1.54) is 0 Å². The molecule has 0 bridgehead atoms. The van der Waals surface area contributed by atoms with Crippen LogP contribution in [0.25, 0.3) is 49.4 Å². The van der Waals surface area contributed by atoms with Crippen molar-refractivity contribution < 1.29 is 4.42 Å². The number of fused-ring (bicyclic) bond motifs is 5. The smallest absolute Gasteiger partial charge is 0.200 e. The standard InChI is InChI=1S/C25H14ClNO2/c26-19-8-5-10-21-24(19)16-6-1-3-9-20(16)27(21)15-12-13-23-18(14-15)25(28)17-7-2-4-11-22(17)29-23/h1-14H. The first-order valence-corrected chi connectivity index (χ1v) is 9.74. The lowest BCUT2D eigenvalue weighted by Crippen LogP contribution is -2.03. The van der Waals surface area contributed by atoms with Gasteiger partial charge in [-0.2, -0.15) is 0 Å². The van der Waals surface area contributed by atoms with Crippen molar-refractivity contribution >= 4 is 55.3 Å². The van der Waals surface area contributed by atoms with Crippen LogP contribution in [0.1, 0.15) is 0 Å². The zero-order valence-electron chi connectivity index (χ0n) is 15.2. The van der Waals surface area contributed by atoms with Gasteiger partial charge in [-0.15, -0.1) is 0 Å². The Morgan fingerprint density at radius 2 is 1.41 bits per heavy atom. The third-order valence-corrected chi connectivity index (χ3v) is 5.78. The molecule has 0 saturated heterocycles. The molecule has 0 N–H and O–H groups in total.